The number of ether oxygens (including phenoxy) is 1. The average molecular weight is 635 g/mol. The van der Waals surface area contributed by atoms with Gasteiger partial charge in [0.1, 0.15) is 11.1 Å². The monoisotopic (exact) mass is 634 g/mol. The van der Waals surface area contributed by atoms with Crippen LogP contribution in [0.1, 0.15) is 78.1 Å². The van der Waals surface area contributed by atoms with Gasteiger partial charge in [-0.15, -0.1) is 23.5 Å². The molecule has 2 spiro atoms. The number of rotatable bonds is 12. The first-order valence-corrected chi connectivity index (χ1v) is 17.9. The maximum Gasteiger partial charge on any atom is 0.327 e. The van der Waals surface area contributed by atoms with Crippen molar-refractivity contribution >= 4 is 53.7 Å². The highest BCUT2D eigenvalue weighted by Gasteiger charge is 2.68. The molecule has 2 heterocycles. The predicted molar refractivity (Wildman–Crippen MR) is 167 cm³/mol. The lowest BCUT2D eigenvalue weighted by molar-refractivity contribution is -0.153. The van der Waals surface area contributed by atoms with E-state index in [9.17, 15) is 24.0 Å². The van der Waals surface area contributed by atoms with Crippen molar-refractivity contribution in [1.82, 2.24) is 20.0 Å². The van der Waals surface area contributed by atoms with E-state index < -0.39 is 11.4 Å². The maximum atomic E-state index is 14.3. The minimum atomic E-state index is -0.750. The van der Waals surface area contributed by atoms with Gasteiger partial charge in [-0.05, 0) is 74.2 Å². The molecule has 3 aliphatic carbocycles. The molecule has 0 unspecified atom stereocenters. The number of nitrogens with one attached hydrogen (secondary N) is 1. The van der Waals surface area contributed by atoms with Gasteiger partial charge in [-0.3, -0.25) is 29.4 Å². The summed E-state index contributed by atoms with van der Waals surface area (Å²) in [6.07, 6.45) is 9.50. The Morgan fingerprint density at radius 2 is 1.65 bits per heavy atom. The molecule has 0 aromatic carbocycles. The Bertz CT molecular complexity index is 1130. The lowest BCUT2D eigenvalue weighted by Crippen LogP contribution is -2.65. The number of likely N-dealkylation sites (N-methyl/N-ethyl adjacent to an activating group) is 1. The summed E-state index contributed by atoms with van der Waals surface area (Å²) in [5.41, 5.74) is -0.691. The van der Waals surface area contributed by atoms with Crippen molar-refractivity contribution in [2.75, 3.05) is 44.9 Å². The summed E-state index contributed by atoms with van der Waals surface area (Å²) in [7, 11) is 1.59. The number of carbonyl (C=O) groups excluding carboxylic acids is 5. The summed E-state index contributed by atoms with van der Waals surface area (Å²) < 4.78 is 6.01. The van der Waals surface area contributed by atoms with Gasteiger partial charge < -0.3 is 14.5 Å². The number of thioether (sulfide) groups is 2. The molecular formula is C31H46N4O6S2. The molecular weight excluding hydrogens is 588 g/mol. The first-order chi connectivity index (χ1) is 20.7. The van der Waals surface area contributed by atoms with Gasteiger partial charge in [-0.25, -0.2) is 4.79 Å². The molecule has 2 saturated heterocycles. The van der Waals surface area contributed by atoms with Crippen molar-refractivity contribution in [3.05, 3.63) is 9.81 Å². The van der Waals surface area contributed by atoms with E-state index in [-0.39, 0.29) is 40.8 Å². The highest BCUT2D eigenvalue weighted by atomic mass is 32.2. The number of hydrogen-bond donors (Lipinski definition) is 1. The highest BCUT2D eigenvalue weighted by Crippen LogP contribution is 2.61. The second-order valence-corrected chi connectivity index (χ2v) is 15.8. The Morgan fingerprint density at radius 1 is 1.02 bits per heavy atom. The Kier molecular flexibility index (Phi) is 10.2. The minimum absolute atomic E-state index is 0.0133. The van der Waals surface area contributed by atoms with Crippen molar-refractivity contribution in [1.29, 1.82) is 0 Å². The number of carbonyl (C=O) groups is 5. The third-order valence-electron chi connectivity index (χ3n) is 10.3. The van der Waals surface area contributed by atoms with Gasteiger partial charge in [0.15, 0.2) is 0 Å². The molecule has 10 nitrogen and oxygen atoms in total. The summed E-state index contributed by atoms with van der Waals surface area (Å²) in [5.74, 6) is 1.12. The Labute approximate surface area is 263 Å². The zero-order valence-electron chi connectivity index (χ0n) is 25.7. The summed E-state index contributed by atoms with van der Waals surface area (Å²) in [4.78, 5) is 70.2. The molecule has 0 aromatic rings. The van der Waals surface area contributed by atoms with E-state index in [1.807, 2.05) is 23.6 Å². The highest BCUT2D eigenvalue weighted by molar-refractivity contribution is 8.22. The lowest BCUT2D eigenvalue weighted by Gasteiger charge is -2.59. The van der Waals surface area contributed by atoms with Crippen LogP contribution in [0.15, 0.2) is 9.81 Å². The normalized spacial score (nSPS) is 29.1. The lowest BCUT2D eigenvalue weighted by atomic mass is 9.51. The van der Waals surface area contributed by atoms with Crippen LogP contribution in [-0.2, 0) is 23.9 Å². The van der Waals surface area contributed by atoms with Gasteiger partial charge in [0.2, 0.25) is 6.41 Å². The molecule has 238 valence electrons. The summed E-state index contributed by atoms with van der Waals surface area (Å²) >= 11 is 2.95. The van der Waals surface area contributed by atoms with Crippen molar-refractivity contribution in [2.45, 2.75) is 89.6 Å². The fourth-order valence-electron chi connectivity index (χ4n) is 8.05. The van der Waals surface area contributed by atoms with Crippen molar-refractivity contribution < 1.29 is 28.7 Å². The predicted octanol–water partition coefficient (Wildman–Crippen LogP) is 4.00. The van der Waals surface area contributed by atoms with E-state index in [4.69, 9.17) is 4.74 Å². The minimum Gasteiger partial charge on any atom is -0.381 e. The molecule has 5 fully saturated rings. The van der Waals surface area contributed by atoms with E-state index in [1.165, 1.54) is 28.4 Å². The van der Waals surface area contributed by atoms with Crippen molar-refractivity contribution in [3.8, 4) is 0 Å². The van der Waals surface area contributed by atoms with Crippen LogP contribution in [0, 0.1) is 17.3 Å². The Morgan fingerprint density at radius 3 is 2.19 bits per heavy atom. The molecule has 0 radical (unpaired) electrons. The topological polar surface area (TPSA) is 116 Å². The van der Waals surface area contributed by atoms with Gasteiger partial charge in [-0.1, -0.05) is 26.7 Å². The van der Waals surface area contributed by atoms with E-state index in [1.54, 1.807) is 7.05 Å². The quantitative estimate of drug-likeness (QED) is 0.113. The smallest absolute Gasteiger partial charge is 0.327 e. The van der Waals surface area contributed by atoms with Crippen LogP contribution in [0.5, 0.6) is 0 Å². The average Bonchev–Trinajstić information content (AvgIpc) is 3.52. The van der Waals surface area contributed by atoms with Crippen LogP contribution in [0.4, 0.5) is 4.79 Å². The molecule has 0 aromatic heterocycles. The van der Waals surface area contributed by atoms with Crippen LogP contribution in [0.2, 0.25) is 0 Å². The molecule has 0 atom stereocenters. The fourth-order valence-corrected chi connectivity index (χ4v) is 10.3. The number of nitrogens with zero attached hydrogens (tertiary/aromatic N) is 3. The number of imide groups is 2. The Hall–Kier alpha value is -2.05. The van der Waals surface area contributed by atoms with E-state index in [0.717, 1.165) is 51.4 Å². The van der Waals surface area contributed by atoms with Crippen LogP contribution in [-0.4, -0.2) is 101 Å². The van der Waals surface area contributed by atoms with E-state index in [0.29, 0.717) is 67.2 Å². The molecule has 43 heavy (non-hydrogen) atoms. The molecule has 3 saturated carbocycles. The summed E-state index contributed by atoms with van der Waals surface area (Å²) in [5, 5.41) is 2.24. The van der Waals surface area contributed by atoms with Gasteiger partial charge in [0, 0.05) is 32.1 Å². The third kappa shape index (κ3) is 6.25. The van der Waals surface area contributed by atoms with Gasteiger partial charge in [-0.2, -0.15) is 0 Å². The molecule has 2 aliphatic heterocycles. The first-order valence-electron chi connectivity index (χ1n) is 15.9. The SMILES string of the molecule is CCSC(SCC)=C(C(=O)NC=O)C(=O)N(CC1CCCC1)C1CCC2(CC1)CC1(C2)C(=O)N(C)C(=O)N1CC1COC1. The molecule has 5 rings (SSSR count). The van der Waals surface area contributed by atoms with E-state index in [2.05, 4.69) is 5.32 Å². The first kappa shape index (κ1) is 32.3. The van der Waals surface area contributed by atoms with Crippen LogP contribution < -0.4 is 5.32 Å². The summed E-state index contributed by atoms with van der Waals surface area (Å²) in [6, 6.07) is -0.215. The molecule has 6 amide bonds. The van der Waals surface area contributed by atoms with Gasteiger partial charge >= 0.3 is 6.03 Å². The zero-order valence-corrected chi connectivity index (χ0v) is 27.4. The number of hydrogen-bond acceptors (Lipinski definition) is 8. The maximum absolute atomic E-state index is 14.3. The zero-order chi connectivity index (χ0) is 30.8. The second kappa shape index (κ2) is 13.5. The standard InChI is InChI=1S/C31H46N4O6S2/c1-4-42-27(43-5-2)24(25(37)32-20-36)26(38)34(14-21-8-6-7-9-21)23-10-12-30(13-11-23)18-31(19-30)28(39)33(3)29(40)35(31)15-22-16-41-17-22/h20-23H,4-19H2,1-3H3,(H,32,36,37). The fraction of sp³-hybridized carbons (Fsp3) is 0.774. The van der Waals surface area contributed by atoms with Crippen molar-refractivity contribution in [2.24, 2.45) is 17.3 Å². The largest absolute Gasteiger partial charge is 0.381 e. The molecule has 5 aliphatic rings. The van der Waals surface area contributed by atoms with E-state index >= 15 is 0 Å². The second-order valence-electron chi connectivity index (χ2n) is 13.0. The van der Waals surface area contributed by atoms with Gasteiger partial charge in [0.25, 0.3) is 17.7 Å². The van der Waals surface area contributed by atoms with Crippen molar-refractivity contribution in [3.63, 3.8) is 0 Å². The van der Waals surface area contributed by atoms with Gasteiger partial charge in [0.05, 0.1) is 17.5 Å². The number of amides is 6. The van der Waals surface area contributed by atoms with Crippen LogP contribution in [0.3, 0.4) is 0 Å². The Balaban J connectivity index is 1.34. The molecule has 1 N–H and O–H groups in total. The summed E-state index contributed by atoms with van der Waals surface area (Å²) in [6.45, 7) is 6.42. The number of urea groups is 1. The van der Waals surface area contributed by atoms with Crippen LogP contribution >= 0.6 is 23.5 Å². The molecule has 12 heteroatoms. The third-order valence-corrected chi connectivity index (χ3v) is 12.5. The molecule has 0 bridgehead atoms. The van der Waals surface area contributed by atoms with Crippen LogP contribution in [0.25, 0.3) is 0 Å².